The Morgan fingerprint density at radius 1 is 1.48 bits per heavy atom. The number of hydrogen-bond acceptors (Lipinski definition) is 5. The van der Waals surface area contributed by atoms with Crippen LogP contribution in [-0.2, 0) is 21.3 Å². The molecule has 120 valence electrons. The largest absolute Gasteiger partial charge is 0.381 e. The molecule has 0 unspecified atom stereocenters. The van der Waals surface area contributed by atoms with E-state index in [0.717, 1.165) is 13.0 Å². The Balaban J connectivity index is 2.23. The minimum absolute atomic E-state index is 0.0627. The molecule has 8 heteroatoms. The molecule has 0 atom stereocenters. The van der Waals surface area contributed by atoms with Crippen LogP contribution in [0.25, 0.3) is 0 Å². The third-order valence-electron chi connectivity index (χ3n) is 3.89. The lowest BCUT2D eigenvalue weighted by Crippen LogP contribution is -2.56. The predicted molar refractivity (Wildman–Crippen MR) is 79.4 cm³/mol. The lowest BCUT2D eigenvalue weighted by atomic mass is 9.92. The van der Waals surface area contributed by atoms with E-state index in [4.69, 9.17) is 10.5 Å². The highest BCUT2D eigenvalue weighted by Crippen LogP contribution is 2.22. The number of imidazole rings is 1. The van der Waals surface area contributed by atoms with Crippen molar-refractivity contribution >= 4 is 10.0 Å². The van der Waals surface area contributed by atoms with Crippen LogP contribution in [0.1, 0.15) is 32.0 Å². The summed E-state index contributed by atoms with van der Waals surface area (Å²) in [5.74, 6) is 0.700. The predicted octanol–water partition coefficient (Wildman–Crippen LogP) is 0.388. The number of aryl methyl sites for hydroxylation is 2. The molecule has 0 aromatic carbocycles. The standard InChI is InChI=1S/C13H24N4O3S/c1-3-6-17-9-12(15-11(17)2)21(18,19)16-13(10-14)4-7-20-8-5-13/h9,16H,3-8,10,14H2,1-2H3. The molecule has 0 radical (unpaired) electrons. The molecule has 1 aromatic heterocycles. The lowest BCUT2D eigenvalue weighted by Gasteiger charge is -2.36. The molecule has 21 heavy (non-hydrogen) atoms. The Hall–Kier alpha value is -0.960. The van der Waals surface area contributed by atoms with Crippen LogP contribution in [0.5, 0.6) is 0 Å². The number of nitrogens with zero attached hydrogens (tertiary/aromatic N) is 2. The highest BCUT2D eigenvalue weighted by Gasteiger charge is 2.36. The molecule has 1 saturated heterocycles. The zero-order chi connectivity index (χ0) is 15.5. The van der Waals surface area contributed by atoms with Crippen molar-refractivity contribution in [1.29, 1.82) is 0 Å². The summed E-state index contributed by atoms with van der Waals surface area (Å²) in [7, 11) is -3.67. The highest BCUT2D eigenvalue weighted by molar-refractivity contribution is 7.89. The summed E-state index contributed by atoms with van der Waals surface area (Å²) in [6.07, 6.45) is 3.67. The van der Waals surface area contributed by atoms with Gasteiger partial charge in [0.05, 0.1) is 0 Å². The zero-order valence-electron chi connectivity index (χ0n) is 12.6. The first-order chi connectivity index (χ1) is 9.92. The summed E-state index contributed by atoms with van der Waals surface area (Å²) in [5.41, 5.74) is 5.17. The molecular formula is C13H24N4O3S. The van der Waals surface area contributed by atoms with Crippen LogP contribution in [0.3, 0.4) is 0 Å². The summed E-state index contributed by atoms with van der Waals surface area (Å²) in [6, 6.07) is 0. The third-order valence-corrected chi connectivity index (χ3v) is 5.33. The average Bonchev–Trinajstić information content (AvgIpc) is 2.82. The van der Waals surface area contributed by atoms with E-state index in [2.05, 4.69) is 9.71 Å². The molecule has 1 aromatic rings. The number of hydrogen-bond donors (Lipinski definition) is 2. The fourth-order valence-electron chi connectivity index (χ4n) is 2.52. The van der Waals surface area contributed by atoms with Crippen molar-refractivity contribution in [1.82, 2.24) is 14.3 Å². The maximum Gasteiger partial charge on any atom is 0.260 e. The summed E-state index contributed by atoms with van der Waals surface area (Å²) in [5, 5.41) is 0.0627. The van der Waals surface area contributed by atoms with Gasteiger partial charge in [-0.1, -0.05) is 6.92 Å². The maximum absolute atomic E-state index is 12.6. The molecule has 3 N–H and O–H groups in total. The molecule has 0 amide bonds. The van der Waals surface area contributed by atoms with Crippen LogP contribution in [0.2, 0.25) is 0 Å². The average molecular weight is 316 g/mol. The van der Waals surface area contributed by atoms with E-state index in [1.54, 1.807) is 6.20 Å². The van der Waals surface area contributed by atoms with Gasteiger partial charge >= 0.3 is 0 Å². The first kappa shape index (κ1) is 16.4. The van der Waals surface area contributed by atoms with E-state index in [-0.39, 0.29) is 11.6 Å². The van der Waals surface area contributed by atoms with E-state index < -0.39 is 15.6 Å². The number of aromatic nitrogens is 2. The fraction of sp³-hybridized carbons (Fsp3) is 0.769. The number of sulfonamides is 1. The number of rotatable bonds is 6. The molecule has 0 aliphatic carbocycles. The minimum Gasteiger partial charge on any atom is -0.381 e. The molecule has 7 nitrogen and oxygen atoms in total. The van der Waals surface area contributed by atoms with Crippen molar-refractivity contribution in [3.63, 3.8) is 0 Å². The van der Waals surface area contributed by atoms with Crippen LogP contribution in [0.4, 0.5) is 0 Å². The molecule has 0 bridgehead atoms. The molecule has 1 fully saturated rings. The Bertz CT molecular complexity index is 576. The number of nitrogens with two attached hydrogens (primary N) is 1. The summed E-state index contributed by atoms with van der Waals surface area (Å²) in [6.45, 7) is 5.89. The first-order valence-corrected chi connectivity index (χ1v) is 8.76. The molecule has 0 spiro atoms. The Morgan fingerprint density at radius 3 is 2.71 bits per heavy atom. The van der Waals surface area contributed by atoms with Gasteiger partial charge in [-0.3, -0.25) is 0 Å². The van der Waals surface area contributed by atoms with Crippen LogP contribution in [0.15, 0.2) is 11.2 Å². The molecule has 0 saturated carbocycles. The van der Waals surface area contributed by atoms with Crippen molar-refractivity contribution in [2.24, 2.45) is 5.73 Å². The number of ether oxygens (including phenoxy) is 1. The van der Waals surface area contributed by atoms with E-state index in [0.29, 0.717) is 31.9 Å². The summed E-state index contributed by atoms with van der Waals surface area (Å²) < 4.78 is 35.0. The topological polar surface area (TPSA) is 99.2 Å². The smallest absolute Gasteiger partial charge is 0.260 e. The van der Waals surface area contributed by atoms with E-state index in [1.807, 2.05) is 18.4 Å². The normalized spacial score (nSPS) is 18.8. The lowest BCUT2D eigenvalue weighted by molar-refractivity contribution is 0.0501. The van der Waals surface area contributed by atoms with Gasteiger partial charge in [0.25, 0.3) is 10.0 Å². The van der Waals surface area contributed by atoms with Gasteiger partial charge in [0.1, 0.15) is 5.82 Å². The fourth-order valence-corrected chi connectivity index (χ4v) is 4.00. The van der Waals surface area contributed by atoms with Gasteiger partial charge in [-0.25, -0.2) is 18.1 Å². The van der Waals surface area contributed by atoms with Crippen molar-refractivity contribution in [2.45, 2.75) is 50.2 Å². The summed E-state index contributed by atoms with van der Waals surface area (Å²) in [4.78, 5) is 4.17. The quantitative estimate of drug-likeness (QED) is 0.791. The second-order valence-corrected chi connectivity index (χ2v) is 7.15. The molecular weight excluding hydrogens is 292 g/mol. The van der Waals surface area contributed by atoms with Crippen LogP contribution in [-0.4, -0.2) is 43.3 Å². The Morgan fingerprint density at radius 2 is 2.14 bits per heavy atom. The molecule has 1 aliphatic rings. The zero-order valence-corrected chi connectivity index (χ0v) is 13.4. The van der Waals surface area contributed by atoms with Crippen molar-refractivity contribution in [3.8, 4) is 0 Å². The molecule has 1 aliphatic heterocycles. The Kier molecular flexibility index (Phi) is 5.03. The first-order valence-electron chi connectivity index (χ1n) is 7.28. The highest BCUT2D eigenvalue weighted by atomic mass is 32.2. The SMILES string of the molecule is CCCn1cc(S(=O)(=O)NC2(CN)CCOCC2)nc1C. The van der Waals surface area contributed by atoms with Crippen LogP contribution in [0, 0.1) is 6.92 Å². The van der Waals surface area contributed by atoms with Gasteiger partial charge in [0.2, 0.25) is 0 Å². The second kappa shape index (κ2) is 6.43. The third kappa shape index (κ3) is 3.63. The van der Waals surface area contributed by atoms with Crippen molar-refractivity contribution in [3.05, 3.63) is 12.0 Å². The van der Waals surface area contributed by atoms with Gasteiger partial charge in [-0.2, -0.15) is 0 Å². The maximum atomic E-state index is 12.6. The molecule has 2 rings (SSSR count). The van der Waals surface area contributed by atoms with E-state index in [9.17, 15) is 8.42 Å². The van der Waals surface area contributed by atoms with Crippen LogP contribution >= 0.6 is 0 Å². The minimum atomic E-state index is -3.67. The van der Waals surface area contributed by atoms with Gasteiger partial charge < -0.3 is 15.0 Å². The second-order valence-electron chi connectivity index (χ2n) is 5.52. The van der Waals surface area contributed by atoms with E-state index >= 15 is 0 Å². The van der Waals surface area contributed by atoms with Crippen molar-refractivity contribution in [2.75, 3.05) is 19.8 Å². The Labute approximate surface area is 125 Å². The van der Waals surface area contributed by atoms with E-state index in [1.165, 1.54) is 0 Å². The van der Waals surface area contributed by atoms with Gasteiger partial charge in [0, 0.05) is 38.0 Å². The van der Waals surface area contributed by atoms with Gasteiger partial charge in [-0.15, -0.1) is 0 Å². The van der Waals surface area contributed by atoms with Crippen LogP contribution < -0.4 is 10.5 Å². The summed E-state index contributed by atoms with van der Waals surface area (Å²) >= 11 is 0. The monoisotopic (exact) mass is 316 g/mol. The number of nitrogens with one attached hydrogen (secondary N) is 1. The van der Waals surface area contributed by atoms with Gasteiger partial charge in [-0.05, 0) is 26.2 Å². The van der Waals surface area contributed by atoms with Gasteiger partial charge in [0.15, 0.2) is 5.03 Å². The molecule has 2 heterocycles. The van der Waals surface area contributed by atoms with Crippen molar-refractivity contribution < 1.29 is 13.2 Å².